The SMILES string of the molecule is CCO[C@H]1CO[C@@]2(CCCN(C(=O)c3ccc4ncccc4c3)C2)C1.O=C(O)C(F)(F)F. The molecule has 0 radical (unpaired) electrons. The molecule has 2 saturated heterocycles. The second-order valence-electron chi connectivity index (χ2n) is 7.82. The van der Waals surface area contributed by atoms with Crippen LogP contribution in [0.3, 0.4) is 0 Å². The van der Waals surface area contributed by atoms with Gasteiger partial charge in [-0.25, -0.2) is 4.79 Å². The van der Waals surface area contributed by atoms with Gasteiger partial charge in [-0.2, -0.15) is 13.2 Å². The van der Waals surface area contributed by atoms with Gasteiger partial charge in [0.15, 0.2) is 0 Å². The van der Waals surface area contributed by atoms with Gasteiger partial charge in [-0.05, 0) is 44.0 Å². The van der Waals surface area contributed by atoms with Gasteiger partial charge in [0.2, 0.25) is 0 Å². The maximum absolute atomic E-state index is 13.0. The van der Waals surface area contributed by atoms with Crippen LogP contribution in [0.1, 0.15) is 36.5 Å². The zero-order valence-electron chi connectivity index (χ0n) is 17.6. The summed E-state index contributed by atoms with van der Waals surface area (Å²) in [4.78, 5) is 28.2. The van der Waals surface area contributed by atoms with E-state index >= 15 is 0 Å². The summed E-state index contributed by atoms with van der Waals surface area (Å²) < 4.78 is 43.6. The summed E-state index contributed by atoms with van der Waals surface area (Å²) in [6.45, 7) is 4.79. The Morgan fingerprint density at radius 3 is 2.78 bits per heavy atom. The Kier molecular flexibility index (Phi) is 7.35. The van der Waals surface area contributed by atoms with E-state index in [1.165, 1.54) is 0 Å². The van der Waals surface area contributed by atoms with Crippen molar-refractivity contribution in [3.63, 3.8) is 0 Å². The number of ether oxygens (including phenoxy) is 2. The Bertz CT molecular complexity index is 968. The average molecular weight is 454 g/mol. The molecule has 3 heterocycles. The molecule has 7 nitrogen and oxygen atoms in total. The standard InChI is InChI=1S/C20H24N2O3.C2HF3O2/c1-2-24-17-12-20(25-13-17)8-4-10-22(14-20)19(23)16-6-7-18-15(11-16)5-3-9-21-18;3-2(4,5)1(6)7/h3,5-7,9,11,17H,2,4,8,10,12-14H2,1H3;(H,6,7)/t17-,20+;/m1./s1. The van der Waals surface area contributed by atoms with Crippen LogP contribution in [0.2, 0.25) is 0 Å². The normalized spacial score (nSPS) is 23.1. The van der Waals surface area contributed by atoms with E-state index in [1.54, 1.807) is 6.20 Å². The molecule has 1 aromatic heterocycles. The molecule has 1 amide bonds. The Morgan fingerprint density at radius 2 is 2.09 bits per heavy atom. The van der Waals surface area contributed by atoms with E-state index in [-0.39, 0.29) is 17.6 Å². The number of carbonyl (C=O) groups excluding carboxylic acids is 1. The highest BCUT2D eigenvalue weighted by Crippen LogP contribution is 2.36. The number of aliphatic carboxylic acids is 1. The van der Waals surface area contributed by atoms with Crippen molar-refractivity contribution in [3.8, 4) is 0 Å². The number of halogens is 3. The van der Waals surface area contributed by atoms with Crippen molar-refractivity contribution in [1.29, 1.82) is 0 Å². The van der Waals surface area contributed by atoms with Crippen molar-refractivity contribution in [2.24, 2.45) is 0 Å². The third kappa shape index (κ3) is 5.74. The maximum Gasteiger partial charge on any atom is 0.490 e. The lowest BCUT2D eigenvalue weighted by molar-refractivity contribution is -0.192. The number of pyridine rings is 1. The molecular formula is C22H25F3N2O5. The summed E-state index contributed by atoms with van der Waals surface area (Å²) in [6.07, 6.45) is -0.301. The summed E-state index contributed by atoms with van der Waals surface area (Å²) >= 11 is 0. The van der Waals surface area contributed by atoms with Crippen LogP contribution in [0.15, 0.2) is 36.5 Å². The lowest BCUT2D eigenvalue weighted by Crippen LogP contribution is -2.50. The van der Waals surface area contributed by atoms with Crippen LogP contribution < -0.4 is 0 Å². The van der Waals surface area contributed by atoms with Crippen molar-refractivity contribution in [3.05, 3.63) is 42.1 Å². The van der Waals surface area contributed by atoms with E-state index in [4.69, 9.17) is 19.4 Å². The molecule has 1 spiro atoms. The molecule has 2 atom stereocenters. The van der Waals surface area contributed by atoms with Crippen LogP contribution in [0.25, 0.3) is 10.9 Å². The van der Waals surface area contributed by atoms with E-state index in [9.17, 15) is 18.0 Å². The minimum absolute atomic E-state index is 0.0771. The molecule has 4 rings (SSSR count). The zero-order valence-corrected chi connectivity index (χ0v) is 17.6. The molecule has 0 aliphatic carbocycles. The van der Waals surface area contributed by atoms with Gasteiger partial charge < -0.3 is 19.5 Å². The van der Waals surface area contributed by atoms with E-state index in [1.807, 2.05) is 42.2 Å². The predicted molar refractivity (Wildman–Crippen MR) is 109 cm³/mol. The number of hydrogen-bond acceptors (Lipinski definition) is 5. The fraction of sp³-hybridized carbons (Fsp3) is 0.500. The third-order valence-corrected chi connectivity index (χ3v) is 5.50. The second-order valence-corrected chi connectivity index (χ2v) is 7.82. The first-order valence-corrected chi connectivity index (χ1v) is 10.3. The van der Waals surface area contributed by atoms with Crippen molar-refractivity contribution < 1.29 is 37.3 Å². The number of likely N-dealkylation sites (tertiary alicyclic amines) is 1. The van der Waals surface area contributed by atoms with Gasteiger partial charge in [0, 0.05) is 36.7 Å². The van der Waals surface area contributed by atoms with E-state index < -0.39 is 12.1 Å². The number of hydrogen-bond donors (Lipinski definition) is 1. The van der Waals surface area contributed by atoms with Gasteiger partial charge in [0.1, 0.15) is 0 Å². The van der Waals surface area contributed by atoms with Crippen LogP contribution in [0.4, 0.5) is 13.2 Å². The van der Waals surface area contributed by atoms with Gasteiger partial charge in [-0.3, -0.25) is 9.78 Å². The van der Waals surface area contributed by atoms with Crippen LogP contribution >= 0.6 is 0 Å². The first-order valence-electron chi connectivity index (χ1n) is 10.3. The van der Waals surface area contributed by atoms with Gasteiger partial charge >= 0.3 is 12.1 Å². The molecule has 0 bridgehead atoms. The first kappa shape index (κ1) is 23.9. The summed E-state index contributed by atoms with van der Waals surface area (Å²) in [7, 11) is 0. The highest BCUT2D eigenvalue weighted by Gasteiger charge is 2.45. The van der Waals surface area contributed by atoms with Crippen LogP contribution in [-0.4, -0.2) is 71.1 Å². The molecule has 1 aromatic carbocycles. The quantitative estimate of drug-likeness (QED) is 0.762. The molecule has 2 aliphatic heterocycles. The van der Waals surface area contributed by atoms with Gasteiger partial charge in [0.25, 0.3) is 5.91 Å². The molecule has 0 unspecified atom stereocenters. The maximum atomic E-state index is 13.0. The molecule has 2 aliphatic rings. The van der Waals surface area contributed by atoms with E-state index in [0.29, 0.717) is 19.8 Å². The lowest BCUT2D eigenvalue weighted by Gasteiger charge is -2.39. The number of rotatable bonds is 3. The molecule has 174 valence electrons. The Labute approximate surface area is 183 Å². The highest BCUT2D eigenvalue weighted by atomic mass is 19.4. The van der Waals surface area contributed by atoms with Gasteiger partial charge in [0.05, 0.1) is 30.4 Å². The van der Waals surface area contributed by atoms with Crippen molar-refractivity contribution in [2.45, 2.75) is 44.1 Å². The monoisotopic (exact) mass is 454 g/mol. The summed E-state index contributed by atoms with van der Waals surface area (Å²) in [5.74, 6) is -2.68. The summed E-state index contributed by atoms with van der Waals surface area (Å²) in [5.41, 5.74) is 1.40. The predicted octanol–water partition coefficient (Wildman–Crippen LogP) is 3.67. The Hall–Kier alpha value is -2.72. The molecule has 32 heavy (non-hydrogen) atoms. The van der Waals surface area contributed by atoms with Crippen molar-refractivity contribution in [2.75, 3.05) is 26.3 Å². The minimum atomic E-state index is -5.08. The molecule has 0 saturated carbocycles. The zero-order chi connectivity index (χ0) is 23.4. The molecule has 2 aromatic rings. The molecule has 1 N–H and O–H groups in total. The number of carbonyl (C=O) groups is 2. The lowest BCUT2D eigenvalue weighted by atomic mass is 9.89. The third-order valence-electron chi connectivity index (χ3n) is 5.50. The van der Waals surface area contributed by atoms with Crippen molar-refractivity contribution in [1.82, 2.24) is 9.88 Å². The van der Waals surface area contributed by atoms with E-state index in [0.717, 1.165) is 42.3 Å². The summed E-state index contributed by atoms with van der Waals surface area (Å²) in [5, 5.41) is 8.12. The second kappa shape index (κ2) is 9.83. The van der Waals surface area contributed by atoms with Gasteiger partial charge in [-0.15, -0.1) is 0 Å². The largest absolute Gasteiger partial charge is 0.490 e. The molecule has 2 fully saturated rings. The molecule has 10 heteroatoms. The minimum Gasteiger partial charge on any atom is -0.475 e. The first-order chi connectivity index (χ1) is 15.1. The number of benzene rings is 1. The number of nitrogens with zero attached hydrogens (tertiary/aromatic N) is 2. The topological polar surface area (TPSA) is 89.0 Å². The number of aromatic nitrogens is 1. The fourth-order valence-corrected chi connectivity index (χ4v) is 4.09. The van der Waals surface area contributed by atoms with Crippen molar-refractivity contribution >= 4 is 22.8 Å². The molecular weight excluding hydrogens is 429 g/mol. The number of carboxylic acids is 1. The van der Waals surface area contributed by atoms with Crippen LogP contribution in [0.5, 0.6) is 0 Å². The Balaban J connectivity index is 0.000000360. The average Bonchev–Trinajstić information content (AvgIpc) is 3.14. The number of alkyl halides is 3. The summed E-state index contributed by atoms with van der Waals surface area (Å²) in [6, 6.07) is 9.61. The number of fused-ring (bicyclic) bond motifs is 1. The fourth-order valence-electron chi connectivity index (χ4n) is 4.09. The van der Waals surface area contributed by atoms with E-state index in [2.05, 4.69) is 4.98 Å². The number of piperidine rings is 1. The van der Waals surface area contributed by atoms with Crippen LogP contribution in [-0.2, 0) is 14.3 Å². The number of carboxylic acid groups (broad SMARTS) is 1. The smallest absolute Gasteiger partial charge is 0.475 e. The van der Waals surface area contributed by atoms with Gasteiger partial charge in [-0.1, -0.05) is 6.07 Å². The Morgan fingerprint density at radius 1 is 1.34 bits per heavy atom. The highest BCUT2D eigenvalue weighted by molar-refractivity contribution is 5.98. The number of amides is 1. The van der Waals surface area contributed by atoms with Crippen LogP contribution in [0, 0.1) is 0 Å².